The maximum absolute atomic E-state index is 7.03. The number of benzene rings is 7. The topological polar surface area (TPSA) is 13.1 Å². The summed E-state index contributed by atoms with van der Waals surface area (Å²) in [7, 11) is 0. The van der Waals surface area contributed by atoms with Gasteiger partial charge in [-0.3, -0.25) is 0 Å². The van der Waals surface area contributed by atoms with Gasteiger partial charge < -0.3 is 4.42 Å². The van der Waals surface area contributed by atoms with Crippen LogP contribution in [0.25, 0.3) is 66.8 Å². The lowest BCUT2D eigenvalue weighted by Gasteiger charge is -2.31. The molecular weight excluding hydrogens is 556 g/mol. The third kappa shape index (κ3) is 3.29. The summed E-state index contributed by atoms with van der Waals surface area (Å²) in [6, 6.07) is 61.7. The lowest BCUT2D eigenvalue weighted by Crippen LogP contribution is -2.25. The maximum atomic E-state index is 7.03. The molecule has 0 N–H and O–H groups in total. The van der Waals surface area contributed by atoms with Crippen LogP contribution in [0.5, 0.6) is 0 Å². The third-order valence-corrected chi connectivity index (χ3v) is 10.1. The average molecular weight is 585 g/mol. The minimum Gasteiger partial charge on any atom is -0.455 e. The SMILES string of the molecule is c1ccc(-c2cc3c(cc2-c2oc(-c4ccccc4)c4ccccc24)C2(c4ccccc4-c4ccccc42)c2ccccc2-3)cc1. The molecule has 1 aromatic heterocycles. The molecule has 0 fully saturated rings. The fourth-order valence-corrected chi connectivity index (χ4v) is 8.28. The van der Waals surface area contributed by atoms with Gasteiger partial charge in [0.2, 0.25) is 0 Å². The first kappa shape index (κ1) is 25.4. The molecule has 1 spiro atoms. The molecule has 0 bridgehead atoms. The van der Waals surface area contributed by atoms with Crippen LogP contribution in [0.1, 0.15) is 22.3 Å². The van der Waals surface area contributed by atoms with Crippen molar-refractivity contribution >= 4 is 10.8 Å². The van der Waals surface area contributed by atoms with Crippen molar-refractivity contribution in [3.63, 3.8) is 0 Å². The fraction of sp³-hybridized carbons (Fsp3) is 0.0222. The molecule has 1 nitrogen and oxygen atoms in total. The summed E-state index contributed by atoms with van der Waals surface area (Å²) >= 11 is 0. The van der Waals surface area contributed by atoms with Crippen LogP contribution in [-0.2, 0) is 5.41 Å². The summed E-state index contributed by atoms with van der Waals surface area (Å²) in [6.45, 7) is 0. The molecular formula is C45H28O. The second-order valence-electron chi connectivity index (χ2n) is 12.4. The smallest absolute Gasteiger partial charge is 0.143 e. The van der Waals surface area contributed by atoms with Crippen LogP contribution in [0, 0.1) is 0 Å². The van der Waals surface area contributed by atoms with Crippen molar-refractivity contribution in [3.8, 4) is 56.0 Å². The van der Waals surface area contributed by atoms with E-state index in [0.29, 0.717) is 0 Å². The van der Waals surface area contributed by atoms with Crippen LogP contribution in [0.3, 0.4) is 0 Å². The van der Waals surface area contributed by atoms with E-state index in [0.717, 1.165) is 33.4 Å². The number of furan rings is 1. The van der Waals surface area contributed by atoms with Gasteiger partial charge in [-0.25, -0.2) is 0 Å². The standard InChI is InChI=1S/C45H28O/c1-3-15-29(16-4-1)36-27-37-33-21-11-14-26-41(33)45(39-24-12-9-19-31(39)32-20-10-13-25-40(32)45)42(37)28-38(36)44-35-23-8-7-22-34(35)43(46-44)30-17-5-2-6-18-30/h1-28H. The predicted molar refractivity (Wildman–Crippen MR) is 189 cm³/mol. The highest BCUT2D eigenvalue weighted by Crippen LogP contribution is 2.64. The van der Waals surface area contributed by atoms with Gasteiger partial charge in [0.05, 0.1) is 5.41 Å². The Balaban J connectivity index is 1.36. The minimum absolute atomic E-state index is 0.423. The van der Waals surface area contributed by atoms with E-state index in [1.807, 2.05) is 0 Å². The quantitative estimate of drug-likeness (QED) is 0.201. The molecule has 0 radical (unpaired) electrons. The van der Waals surface area contributed by atoms with Crippen molar-refractivity contribution in [2.24, 2.45) is 0 Å². The first-order valence-electron chi connectivity index (χ1n) is 15.9. The Labute approximate surface area is 268 Å². The number of fused-ring (bicyclic) bond motifs is 11. The summed E-state index contributed by atoms with van der Waals surface area (Å²) in [5.74, 6) is 1.81. The Kier molecular flexibility index (Phi) is 5.27. The Bertz CT molecular complexity index is 2420. The molecule has 214 valence electrons. The van der Waals surface area contributed by atoms with E-state index in [1.54, 1.807) is 0 Å². The summed E-state index contributed by atoms with van der Waals surface area (Å²) < 4.78 is 7.03. The van der Waals surface area contributed by atoms with Gasteiger partial charge in [0.1, 0.15) is 11.5 Å². The van der Waals surface area contributed by atoms with E-state index in [2.05, 4.69) is 170 Å². The van der Waals surface area contributed by atoms with Crippen molar-refractivity contribution < 1.29 is 4.42 Å². The van der Waals surface area contributed by atoms with E-state index < -0.39 is 5.41 Å². The van der Waals surface area contributed by atoms with E-state index >= 15 is 0 Å². The van der Waals surface area contributed by atoms with Gasteiger partial charge in [-0.15, -0.1) is 0 Å². The molecule has 0 atom stereocenters. The molecule has 0 amide bonds. The molecule has 46 heavy (non-hydrogen) atoms. The molecule has 0 aliphatic heterocycles. The van der Waals surface area contributed by atoms with Gasteiger partial charge in [-0.2, -0.15) is 0 Å². The monoisotopic (exact) mass is 584 g/mol. The van der Waals surface area contributed by atoms with Gasteiger partial charge in [0.15, 0.2) is 0 Å². The van der Waals surface area contributed by atoms with Gasteiger partial charge in [0, 0.05) is 21.9 Å². The Morgan fingerprint density at radius 2 is 0.761 bits per heavy atom. The fourth-order valence-electron chi connectivity index (χ4n) is 8.28. The lowest BCUT2D eigenvalue weighted by atomic mass is 9.70. The molecule has 0 saturated carbocycles. The highest BCUT2D eigenvalue weighted by molar-refractivity contribution is 6.06. The van der Waals surface area contributed by atoms with Crippen LogP contribution in [-0.4, -0.2) is 0 Å². The molecule has 8 aromatic rings. The summed E-state index contributed by atoms with van der Waals surface area (Å²) in [6.07, 6.45) is 0. The van der Waals surface area contributed by atoms with Crippen LogP contribution >= 0.6 is 0 Å². The molecule has 0 unspecified atom stereocenters. The molecule has 10 rings (SSSR count). The van der Waals surface area contributed by atoms with Crippen LogP contribution in [0.4, 0.5) is 0 Å². The van der Waals surface area contributed by atoms with Gasteiger partial charge >= 0.3 is 0 Å². The van der Waals surface area contributed by atoms with Crippen molar-refractivity contribution in [2.45, 2.75) is 5.41 Å². The lowest BCUT2D eigenvalue weighted by molar-refractivity contribution is 0.602. The summed E-state index contributed by atoms with van der Waals surface area (Å²) in [4.78, 5) is 0. The second kappa shape index (κ2) is 9.54. The van der Waals surface area contributed by atoms with Gasteiger partial charge in [-0.05, 0) is 67.8 Å². The highest BCUT2D eigenvalue weighted by atomic mass is 16.3. The van der Waals surface area contributed by atoms with Crippen LogP contribution in [0.15, 0.2) is 174 Å². The molecule has 2 aliphatic rings. The zero-order valence-electron chi connectivity index (χ0n) is 25.1. The number of hydrogen-bond donors (Lipinski definition) is 0. The van der Waals surface area contributed by atoms with Crippen molar-refractivity contribution in [3.05, 3.63) is 192 Å². The molecule has 1 heteroatoms. The normalized spacial score (nSPS) is 13.4. The molecule has 2 aliphatic carbocycles. The predicted octanol–water partition coefficient (Wildman–Crippen LogP) is 11.8. The van der Waals surface area contributed by atoms with Gasteiger partial charge in [0.25, 0.3) is 0 Å². The van der Waals surface area contributed by atoms with E-state index in [-0.39, 0.29) is 0 Å². The Morgan fingerprint density at radius 1 is 0.304 bits per heavy atom. The Morgan fingerprint density at radius 3 is 1.35 bits per heavy atom. The van der Waals surface area contributed by atoms with Crippen molar-refractivity contribution in [2.75, 3.05) is 0 Å². The third-order valence-electron chi connectivity index (χ3n) is 10.1. The van der Waals surface area contributed by atoms with E-state index in [9.17, 15) is 0 Å². The number of hydrogen-bond acceptors (Lipinski definition) is 1. The largest absolute Gasteiger partial charge is 0.455 e. The van der Waals surface area contributed by atoms with Gasteiger partial charge in [-0.1, -0.05) is 158 Å². The maximum Gasteiger partial charge on any atom is 0.143 e. The van der Waals surface area contributed by atoms with E-state index in [4.69, 9.17) is 4.42 Å². The van der Waals surface area contributed by atoms with Crippen molar-refractivity contribution in [1.29, 1.82) is 0 Å². The summed E-state index contributed by atoms with van der Waals surface area (Å²) in [5.41, 5.74) is 14.6. The molecule has 7 aromatic carbocycles. The van der Waals surface area contributed by atoms with Crippen molar-refractivity contribution in [1.82, 2.24) is 0 Å². The zero-order valence-corrected chi connectivity index (χ0v) is 25.1. The Hall–Kier alpha value is -5.92. The summed E-state index contributed by atoms with van der Waals surface area (Å²) in [5, 5.41) is 2.24. The first-order chi connectivity index (χ1) is 22.8. The zero-order chi connectivity index (χ0) is 30.2. The second-order valence-corrected chi connectivity index (χ2v) is 12.4. The molecule has 0 saturated heterocycles. The molecule has 1 heterocycles. The van der Waals surface area contributed by atoms with Crippen LogP contribution < -0.4 is 0 Å². The first-order valence-corrected chi connectivity index (χ1v) is 15.9. The number of rotatable bonds is 3. The highest BCUT2D eigenvalue weighted by Gasteiger charge is 2.51. The minimum atomic E-state index is -0.423. The van der Waals surface area contributed by atoms with Crippen LogP contribution in [0.2, 0.25) is 0 Å². The average Bonchev–Trinajstić information content (AvgIpc) is 3.76. The van der Waals surface area contributed by atoms with E-state index in [1.165, 1.54) is 55.6 Å².